The predicted molar refractivity (Wildman–Crippen MR) is 76.9 cm³/mol. The normalized spacial score (nSPS) is 25.8. The number of hydrogen-bond acceptors (Lipinski definition) is 2. The van der Waals surface area contributed by atoms with Crippen molar-refractivity contribution in [3.05, 3.63) is 21.3 Å². The van der Waals surface area contributed by atoms with Crippen molar-refractivity contribution >= 4 is 22.9 Å². The number of nitrogens with one attached hydrogen (secondary N) is 1. The van der Waals surface area contributed by atoms with Crippen LogP contribution in [-0.2, 0) is 0 Å². The summed E-state index contributed by atoms with van der Waals surface area (Å²) in [5.41, 5.74) is 1.74. The molecule has 2 atom stereocenters. The zero-order chi connectivity index (χ0) is 12.5. The molecule has 0 bridgehead atoms. The van der Waals surface area contributed by atoms with Crippen LogP contribution >= 0.6 is 22.9 Å². The minimum absolute atomic E-state index is 0.404. The largest absolute Gasteiger partial charge is 0.307 e. The summed E-state index contributed by atoms with van der Waals surface area (Å²) in [5, 5.41) is 5.95. The third-order valence-corrected chi connectivity index (χ3v) is 5.16. The van der Waals surface area contributed by atoms with Gasteiger partial charge >= 0.3 is 0 Å². The maximum atomic E-state index is 5.99. The van der Waals surface area contributed by atoms with E-state index in [2.05, 4.69) is 37.5 Å². The molecule has 0 aliphatic heterocycles. The lowest BCUT2D eigenvalue weighted by Gasteiger charge is -2.40. The molecule has 1 aliphatic carbocycles. The third kappa shape index (κ3) is 3.24. The average molecular weight is 272 g/mol. The fourth-order valence-electron chi connectivity index (χ4n) is 2.75. The van der Waals surface area contributed by atoms with Gasteiger partial charge in [0.1, 0.15) is 0 Å². The Bertz CT molecular complexity index is 372. The van der Waals surface area contributed by atoms with Gasteiger partial charge in [-0.2, -0.15) is 0 Å². The van der Waals surface area contributed by atoms with E-state index in [9.17, 15) is 0 Å². The minimum atomic E-state index is 0.404. The van der Waals surface area contributed by atoms with Crippen LogP contribution in [0, 0.1) is 5.41 Å². The highest BCUT2D eigenvalue weighted by atomic mass is 35.5. The number of rotatable bonds is 3. The van der Waals surface area contributed by atoms with Crippen LogP contribution in [0.25, 0.3) is 0 Å². The van der Waals surface area contributed by atoms with Crippen LogP contribution < -0.4 is 5.32 Å². The molecule has 1 aliphatic rings. The van der Waals surface area contributed by atoms with Gasteiger partial charge in [0.05, 0.1) is 4.34 Å². The summed E-state index contributed by atoms with van der Waals surface area (Å²) in [6, 6.07) is 3.12. The molecular weight excluding hydrogens is 250 g/mol. The van der Waals surface area contributed by atoms with E-state index in [1.54, 1.807) is 11.3 Å². The molecular formula is C14H22ClNS. The summed E-state index contributed by atoms with van der Waals surface area (Å²) in [7, 11) is 0. The van der Waals surface area contributed by atoms with Gasteiger partial charge in [-0.3, -0.25) is 0 Å². The molecule has 1 aromatic heterocycles. The van der Waals surface area contributed by atoms with Gasteiger partial charge in [0.2, 0.25) is 0 Å². The monoisotopic (exact) mass is 271 g/mol. The SMILES string of the molecule is CC(NC1CCCCC1(C)C)c1csc(Cl)c1. The summed E-state index contributed by atoms with van der Waals surface area (Å²) in [6.07, 6.45) is 5.37. The Morgan fingerprint density at radius 2 is 2.24 bits per heavy atom. The standard InChI is InChI=1S/C14H22ClNS/c1-10(11-8-13(15)17-9-11)16-12-6-4-5-7-14(12,2)3/h8-10,12,16H,4-7H2,1-3H3. The molecule has 1 saturated carbocycles. The Hall–Kier alpha value is -0.0500. The molecule has 1 heterocycles. The average Bonchev–Trinajstić information content (AvgIpc) is 2.68. The maximum absolute atomic E-state index is 5.99. The summed E-state index contributed by atoms with van der Waals surface area (Å²) < 4.78 is 0.886. The van der Waals surface area contributed by atoms with Gasteiger partial charge in [-0.15, -0.1) is 11.3 Å². The van der Waals surface area contributed by atoms with E-state index < -0.39 is 0 Å². The first kappa shape index (κ1) is 13.4. The van der Waals surface area contributed by atoms with Crippen molar-refractivity contribution in [2.45, 2.75) is 58.5 Å². The van der Waals surface area contributed by atoms with E-state index in [4.69, 9.17) is 11.6 Å². The van der Waals surface area contributed by atoms with Crippen LogP contribution in [0.5, 0.6) is 0 Å². The van der Waals surface area contributed by atoms with Gasteiger partial charge in [-0.25, -0.2) is 0 Å². The van der Waals surface area contributed by atoms with E-state index in [-0.39, 0.29) is 0 Å². The molecule has 0 amide bonds. The molecule has 0 spiro atoms. The summed E-state index contributed by atoms with van der Waals surface area (Å²) in [6.45, 7) is 7.01. The van der Waals surface area contributed by atoms with Gasteiger partial charge in [-0.1, -0.05) is 38.3 Å². The Kier molecular flexibility index (Phi) is 4.17. The summed E-state index contributed by atoms with van der Waals surface area (Å²) in [4.78, 5) is 0. The lowest BCUT2D eigenvalue weighted by atomic mass is 9.73. The second-order valence-electron chi connectivity index (χ2n) is 5.86. The highest BCUT2D eigenvalue weighted by Crippen LogP contribution is 2.37. The summed E-state index contributed by atoms with van der Waals surface area (Å²) in [5.74, 6) is 0. The second-order valence-corrected chi connectivity index (χ2v) is 7.40. The summed E-state index contributed by atoms with van der Waals surface area (Å²) >= 11 is 7.61. The first-order valence-corrected chi connectivity index (χ1v) is 7.75. The Morgan fingerprint density at radius 1 is 1.47 bits per heavy atom. The number of halogens is 1. The molecule has 1 fully saturated rings. The molecule has 0 aromatic carbocycles. The zero-order valence-corrected chi connectivity index (χ0v) is 12.5. The fraction of sp³-hybridized carbons (Fsp3) is 0.714. The zero-order valence-electron chi connectivity index (χ0n) is 10.9. The van der Waals surface area contributed by atoms with Crippen molar-refractivity contribution in [3.8, 4) is 0 Å². The Balaban J connectivity index is 2.00. The molecule has 0 radical (unpaired) electrons. The molecule has 3 heteroatoms. The van der Waals surface area contributed by atoms with E-state index in [0.717, 1.165) is 4.34 Å². The van der Waals surface area contributed by atoms with Crippen molar-refractivity contribution in [1.82, 2.24) is 5.32 Å². The van der Waals surface area contributed by atoms with Crippen LogP contribution in [0.4, 0.5) is 0 Å². The molecule has 1 aromatic rings. The molecule has 2 unspecified atom stereocenters. The van der Waals surface area contributed by atoms with E-state index >= 15 is 0 Å². The molecule has 0 saturated heterocycles. The maximum Gasteiger partial charge on any atom is 0.0931 e. The van der Waals surface area contributed by atoms with E-state index in [0.29, 0.717) is 17.5 Å². The lowest BCUT2D eigenvalue weighted by molar-refractivity contribution is 0.158. The number of thiophene rings is 1. The Labute approximate surface area is 114 Å². The van der Waals surface area contributed by atoms with Crippen molar-refractivity contribution in [2.75, 3.05) is 0 Å². The topological polar surface area (TPSA) is 12.0 Å². The molecule has 1 nitrogen and oxygen atoms in total. The van der Waals surface area contributed by atoms with Crippen LogP contribution in [-0.4, -0.2) is 6.04 Å². The Morgan fingerprint density at radius 3 is 2.82 bits per heavy atom. The van der Waals surface area contributed by atoms with E-state index in [1.807, 2.05) is 0 Å². The van der Waals surface area contributed by atoms with Crippen LogP contribution in [0.2, 0.25) is 4.34 Å². The van der Waals surface area contributed by atoms with Crippen LogP contribution in [0.3, 0.4) is 0 Å². The van der Waals surface area contributed by atoms with Crippen LogP contribution in [0.15, 0.2) is 11.4 Å². The van der Waals surface area contributed by atoms with Crippen molar-refractivity contribution in [1.29, 1.82) is 0 Å². The van der Waals surface area contributed by atoms with Gasteiger partial charge in [-0.05, 0) is 42.2 Å². The molecule has 1 N–H and O–H groups in total. The van der Waals surface area contributed by atoms with Crippen molar-refractivity contribution in [2.24, 2.45) is 5.41 Å². The highest BCUT2D eigenvalue weighted by molar-refractivity contribution is 7.14. The second kappa shape index (κ2) is 5.29. The van der Waals surface area contributed by atoms with Gasteiger partial charge in [0.25, 0.3) is 0 Å². The predicted octanol–water partition coefficient (Wildman–Crippen LogP) is 5.02. The van der Waals surface area contributed by atoms with Crippen LogP contribution in [0.1, 0.15) is 58.1 Å². The molecule has 17 heavy (non-hydrogen) atoms. The first-order valence-electron chi connectivity index (χ1n) is 6.49. The van der Waals surface area contributed by atoms with Gasteiger partial charge in [0, 0.05) is 12.1 Å². The molecule has 96 valence electrons. The highest BCUT2D eigenvalue weighted by Gasteiger charge is 2.32. The van der Waals surface area contributed by atoms with Gasteiger partial charge in [0.15, 0.2) is 0 Å². The van der Waals surface area contributed by atoms with Gasteiger partial charge < -0.3 is 5.32 Å². The van der Waals surface area contributed by atoms with Crippen molar-refractivity contribution < 1.29 is 0 Å². The smallest absolute Gasteiger partial charge is 0.0931 e. The number of hydrogen-bond donors (Lipinski definition) is 1. The lowest BCUT2D eigenvalue weighted by Crippen LogP contribution is -2.45. The van der Waals surface area contributed by atoms with Crippen molar-refractivity contribution in [3.63, 3.8) is 0 Å². The molecule has 2 rings (SSSR count). The first-order chi connectivity index (χ1) is 7.99. The third-order valence-electron chi connectivity index (χ3n) is 4.05. The minimum Gasteiger partial charge on any atom is -0.307 e. The van der Waals surface area contributed by atoms with E-state index in [1.165, 1.54) is 31.2 Å². The fourth-order valence-corrected chi connectivity index (χ4v) is 3.74. The quantitative estimate of drug-likeness (QED) is 0.814.